The van der Waals surface area contributed by atoms with Crippen molar-refractivity contribution in [2.24, 2.45) is 5.92 Å². The fourth-order valence-corrected chi connectivity index (χ4v) is 3.66. The van der Waals surface area contributed by atoms with Crippen LogP contribution in [0.2, 0.25) is 0 Å². The van der Waals surface area contributed by atoms with Gasteiger partial charge in [0.25, 0.3) is 0 Å². The summed E-state index contributed by atoms with van der Waals surface area (Å²) in [4.78, 5) is 14.9. The maximum atomic E-state index is 12.9. The van der Waals surface area contributed by atoms with Crippen LogP contribution in [0.1, 0.15) is 11.3 Å². The summed E-state index contributed by atoms with van der Waals surface area (Å²) < 4.78 is 5.55. The molecule has 6 nitrogen and oxygen atoms in total. The molecule has 7 heteroatoms. The summed E-state index contributed by atoms with van der Waals surface area (Å²) >= 11 is 0. The Bertz CT molecular complexity index is 726. The van der Waals surface area contributed by atoms with Crippen molar-refractivity contribution in [3.05, 3.63) is 41.6 Å². The number of carbonyl (C=O) groups is 1. The lowest BCUT2D eigenvalue weighted by Gasteiger charge is -2.25. The van der Waals surface area contributed by atoms with Crippen LogP contribution < -0.4 is 5.32 Å². The average molecular weight is 377 g/mol. The first-order valence-electron chi connectivity index (χ1n) is 9.01. The summed E-state index contributed by atoms with van der Waals surface area (Å²) in [7, 11) is 0. The second kappa shape index (κ2) is 8.66. The predicted octanol–water partition coefficient (Wildman–Crippen LogP) is 1.66. The van der Waals surface area contributed by atoms with E-state index < -0.39 is 0 Å². The van der Waals surface area contributed by atoms with Gasteiger partial charge in [-0.15, -0.1) is 12.4 Å². The molecule has 1 aromatic carbocycles. The molecule has 1 fully saturated rings. The van der Waals surface area contributed by atoms with Crippen molar-refractivity contribution in [3.63, 3.8) is 0 Å². The Morgan fingerprint density at radius 3 is 2.85 bits per heavy atom. The fraction of sp³-hybridized carbons (Fsp3) is 0.474. The maximum Gasteiger partial charge on any atom is 0.229 e. The Morgan fingerprint density at radius 1 is 1.19 bits per heavy atom. The highest BCUT2D eigenvalue weighted by Gasteiger charge is 2.28. The fourth-order valence-electron chi connectivity index (χ4n) is 3.66. The maximum absolute atomic E-state index is 12.9. The van der Waals surface area contributed by atoms with E-state index in [0.717, 1.165) is 49.4 Å². The van der Waals surface area contributed by atoms with Gasteiger partial charge in [0.15, 0.2) is 0 Å². The van der Waals surface area contributed by atoms with Gasteiger partial charge in [-0.3, -0.25) is 9.89 Å². The Hall–Kier alpha value is -1.89. The molecular weight excluding hydrogens is 352 g/mol. The van der Waals surface area contributed by atoms with E-state index >= 15 is 0 Å². The smallest absolute Gasteiger partial charge is 0.229 e. The highest BCUT2D eigenvalue weighted by atomic mass is 35.5. The van der Waals surface area contributed by atoms with Gasteiger partial charge >= 0.3 is 0 Å². The number of nitrogens with one attached hydrogen (secondary N) is 2. The number of H-pyrrole nitrogens is 1. The molecule has 2 N–H and O–H groups in total. The molecule has 2 aliphatic heterocycles. The van der Waals surface area contributed by atoms with E-state index in [1.165, 1.54) is 5.56 Å². The lowest BCUT2D eigenvalue weighted by atomic mass is 10.0. The summed E-state index contributed by atoms with van der Waals surface area (Å²) in [5, 5.41) is 11.0. The van der Waals surface area contributed by atoms with E-state index in [9.17, 15) is 4.79 Å². The lowest BCUT2D eigenvalue weighted by molar-refractivity contribution is -0.136. The number of hydrogen-bond acceptors (Lipinski definition) is 4. The van der Waals surface area contributed by atoms with Crippen molar-refractivity contribution in [1.82, 2.24) is 20.4 Å². The van der Waals surface area contributed by atoms with Crippen LogP contribution in [0, 0.1) is 5.92 Å². The number of ether oxygens (including phenoxy) is 1. The average Bonchev–Trinajstić information content (AvgIpc) is 2.84. The number of amides is 1. The predicted molar refractivity (Wildman–Crippen MR) is 102 cm³/mol. The molecule has 0 bridgehead atoms. The molecule has 1 atom stereocenters. The first kappa shape index (κ1) is 18.9. The third kappa shape index (κ3) is 3.92. The molecule has 1 amide bonds. The second-order valence-corrected chi connectivity index (χ2v) is 6.70. The highest BCUT2D eigenvalue weighted by molar-refractivity contribution is 5.85. The van der Waals surface area contributed by atoms with Crippen LogP contribution in [0.5, 0.6) is 0 Å². The number of aromatic nitrogens is 2. The largest absolute Gasteiger partial charge is 0.379 e. The Balaban J connectivity index is 0.00000196. The standard InChI is InChI=1S/C19H24N4O2.ClH/c24-19(15-12-20-8-11-25-13-15)23-9-6-16-17(7-10-23)21-22-18(16)14-4-2-1-3-5-14;/h1-5,15,20H,6-13H2,(H,21,22);1H. The van der Waals surface area contributed by atoms with Crippen LogP contribution >= 0.6 is 12.4 Å². The summed E-state index contributed by atoms with van der Waals surface area (Å²) in [5.74, 6) is 0.124. The van der Waals surface area contributed by atoms with Crippen molar-refractivity contribution >= 4 is 18.3 Å². The Morgan fingerprint density at radius 2 is 2.00 bits per heavy atom. The monoisotopic (exact) mass is 376 g/mol. The van der Waals surface area contributed by atoms with Crippen molar-refractivity contribution in [1.29, 1.82) is 0 Å². The summed E-state index contributed by atoms with van der Waals surface area (Å²) in [6.07, 6.45) is 1.66. The Labute approximate surface area is 159 Å². The van der Waals surface area contributed by atoms with Gasteiger partial charge < -0.3 is 15.0 Å². The van der Waals surface area contributed by atoms with Crippen LogP contribution in [0.3, 0.4) is 0 Å². The van der Waals surface area contributed by atoms with Gasteiger partial charge in [0, 0.05) is 49.4 Å². The molecule has 1 unspecified atom stereocenters. The molecule has 1 aromatic heterocycles. The highest BCUT2D eigenvalue weighted by Crippen LogP contribution is 2.26. The first-order chi connectivity index (χ1) is 12.3. The van der Waals surface area contributed by atoms with Gasteiger partial charge in [-0.1, -0.05) is 30.3 Å². The zero-order chi connectivity index (χ0) is 17.1. The summed E-state index contributed by atoms with van der Waals surface area (Å²) in [5.41, 5.74) is 4.55. The van der Waals surface area contributed by atoms with Gasteiger partial charge in [-0.2, -0.15) is 5.10 Å². The van der Waals surface area contributed by atoms with Gasteiger partial charge in [-0.25, -0.2) is 0 Å². The SMILES string of the molecule is Cl.O=C(C1CNCCOC1)N1CCc2[nH]nc(-c3ccccc3)c2CC1. The number of benzene rings is 1. The number of rotatable bonds is 2. The van der Waals surface area contributed by atoms with Crippen molar-refractivity contribution < 1.29 is 9.53 Å². The number of fused-ring (bicyclic) bond motifs is 1. The molecule has 0 aliphatic carbocycles. The molecule has 140 valence electrons. The molecule has 2 aliphatic rings. The van der Waals surface area contributed by atoms with E-state index in [2.05, 4.69) is 27.6 Å². The third-order valence-electron chi connectivity index (χ3n) is 5.06. The van der Waals surface area contributed by atoms with Crippen LogP contribution in [-0.4, -0.2) is 60.4 Å². The van der Waals surface area contributed by atoms with Gasteiger partial charge in [0.2, 0.25) is 5.91 Å². The quantitative estimate of drug-likeness (QED) is 0.836. The summed E-state index contributed by atoms with van der Waals surface area (Å²) in [6.45, 7) is 4.20. The number of aromatic amines is 1. The van der Waals surface area contributed by atoms with Crippen molar-refractivity contribution in [2.45, 2.75) is 12.8 Å². The number of hydrogen-bond donors (Lipinski definition) is 2. The number of halogens is 1. The lowest BCUT2D eigenvalue weighted by Crippen LogP contribution is -2.42. The molecule has 3 heterocycles. The van der Waals surface area contributed by atoms with Crippen LogP contribution in [-0.2, 0) is 22.4 Å². The third-order valence-corrected chi connectivity index (χ3v) is 5.06. The molecule has 4 rings (SSSR count). The molecule has 0 spiro atoms. The zero-order valence-electron chi connectivity index (χ0n) is 14.7. The number of nitrogens with zero attached hydrogens (tertiary/aromatic N) is 2. The van der Waals surface area contributed by atoms with Crippen LogP contribution in [0.15, 0.2) is 30.3 Å². The molecule has 0 radical (unpaired) electrons. The van der Waals surface area contributed by atoms with E-state index in [1.54, 1.807) is 0 Å². The summed E-state index contributed by atoms with van der Waals surface area (Å²) in [6, 6.07) is 10.2. The Kier molecular flexibility index (Phi) is 6.29. The normalized spacial score (nSPS) is 20.5. The minimum absolute atomic E-state index is 0. The minimum Gasteiger partial charge on any atom is -0.379 e. The first-order valence-corrected chi connectivity index (χ1v) is 9.01. The van der Waals surface area contributed by atoms with Crippen molar-refractivity contribution in [2.75, 3.05) is 39.4 Å². The van der Waals surface area contributed by atoms with Gasteiger partial charge in [0.1, 0.15) is 0 Å². The van der Waals surface area contributed by atoms with Gasteiger partial charge in [0.05, 0.1) is 24.8 Å². The molecule has 26 heavy (non-hydrogen) atoms. The molecule has 1 saturated heterocycles. The number of carbonyl (C=O) groups excluding carboxylic acids is 1. The second-order valence-electron chi connectivity index (χ2n) is 6.70. The van der Waals surface area contributed by atoms with Gasteiger partial charge in [-0.05, 0) is 6.42 Å². The topological polar surface area (TPSA) is 70.2 Å². The van der Waals surface area contributed by atoms with Crippen LogP contribution in [0.4, 0.5) is 0 Å². The minimum atomic E-state index is -0.0781. The molecule has 0 saturated carbocycles. The van der Waals surface area contributed by atoms with E-state index in [1.807, 2.05) is 23.1 Å². The van der Waals surface area contributed by atoms with E-state index in [0.29, 0.717) is 19.8 Å². The molecular formula is C19H25ClN4O2. The van der Waals surface area contributed by atoms with E-state index in [-0.39, 0.29) is 24.2 Å². The van der Waals surface area contributed by atoms with E-state index in [4.69, 9.17) is 4.74 Å². The molecule has 2 aromatic rings. The zero-order valence-corrected chi connectivity index (χ0v) is 15.6. The van der Waals surface area contributed by atoms with Crippen LogP contribution in [0.25, 0.3) is 11.3 Å². The van der Waals surface area contributed by atoms with Crippen molar-refractivity contribution in [3.8, 4) is 11.3 Å².